The van der Waals surface area contributed by atoms with Gasteiger partial charge in [0.2, 0.25) is 0 Å². The van der Waals surface area contributed by atoms with Gasteiger partial charge in [-0.05, 0) is 76.0 Å². The number of halogens is 3. The highest BCUT2D eigenvalue weighted by Gasteiger charge is 2.69. The van der Waals surface area contributed by atoms with Crippen molar-refractivity contribution < 1.29 is 17.9 Å². The van der Waals surface area contributed by atoms with E-state index in [-0.39, 0.29) is 37.2 Å². The third-order valence-electron chi connectivity index (χ3n) is 8.75. The van der Waals surface area contributed by atoms with Crippen molar-refractivity contribution in [3.63, 3.8) is 0 Å². The molecule has 1 unspecified atom stereocenters. The van der Waals surface area contributed by atoms with Gasteiger partial charge in [-0.3, -0.25) is 9.67 Å². The maximum atomic E-state index is 13.9. The lowest BCUT2D eigenvalue weighted by molar-refractivity contribution is -0.244. The number of aryl methyl sites for hydroxylation is 2. The third-order valence-corrected chi connectivity index (χ3v) is 8.75. The number of ether oxygens (including phenoxy) is 1. The van der Waals surface area contributed by atoms with Crippen LogP contribution in [0.1, 0.15) is 84.9 Å². The zero-order valence-corrected chi connectivity index (χ0v) is 20.3. The molecule has 4 heterocycles. The van der Waals surface area contributed by atoms with Crippen LogP contribution in [0.25, 0.3) is 16.6 Å². The van der Waals surface area contributed by atoms with Crippen molar-refractivity contribution in [2.24, 2.45) is 11.3 Å². The van der Waals surface area contributed by atoms with E-state index in [9.17, 15) is 13.2 Å². The fourth-order valence-electron chi connectivity index (χ4n) is 6.38. The first-order valence-corrected chi connectivity index (χ1v) is 12.8. The zero-order chi connectivity index (χ0) is 24.8. The lowest BCUT2D eigenvalue weighted by atomic mass is 9.68. The fraction of sp³-hybridized carbons (Fsp3) is 0.556. The van der Waals surface area contributed by atoms with E-state index in [1.54, 1.807) is 0 Å². The second kappa shape index (κ2) is 7.60. The Hall–Kier alpha value is -2.81. The van der Waals surface area contributed by atoms with Gasteiger partial charge in [0.15, 0.2) is 0 Å². The number of hydrogen-bond acceptors (Lipinski definition) is 5. The van der Waals surface area contributed by atoms with E-state index in [0.717, 1.165) is 41.1 Å². The van der Waals surface area contributed by atoms with Gasteiger partial charge in [-0.1, -0.05) is 0 Å². The summed E-state index contributed by atoms with van der Waals surface area (Å²) >= 11 is 0. The molecule has 3 aromatic heterocycles. The minimum Gasteiger partial charge on any atom is -0.369 e. The minimum absolute atomic E-state index is 0.00864. The van der Waals surface area contributed by atoms with Crippen molar-refractivity contribution in [2.45, 2.75) is 76.6 Å². The van der Waals surface area contributed by atoms with Crippen molar-refractivity contribution in [2.75, 3.05) is 6.61 Å². The number of rotatable bonds is 4. The zero-order valence-electron chi connectivity index (χ0n) is 20.3. The van der Waals surface area contributed by atoms with E-state index in [0.29, 0.717) is 35.8 Å². The molecule has 188 valence electrons. The summed E-state index contributed by atoms with van der Waals surface area (Å²) in [6.45, 7) is 4.34. The first-order valence-electron chi connectivity index (χ1n) is 12.8. The van der Waals surface area contributed by atoms with Gasteiger partial charge in [-0.25, -0.2) is 9.97 Å². The highest BCUT2D eigenvalue weighted by molar-refractivity contribution is 5.82. The number of alkyl halides is 3. The van der Waals surface area contributed by atoms with Crippen molar-refractivity contribution in [1.82, 2.24) is 24.7 Å². The summed E-state index contributed by atoms with van der Waals surface area (Å²) in [5, 5.41) is 4.50. The van der Waals surface area contributed by atoms with Crippen LogP contribution >= 0.6 is 0 Å². The Balaban J connectivity index is 1.30. The van der Waals surface area contributed by atoms with Crippen LogP contribution in [0.4, 0.5) is 13.2 Å². The molecule has 6 nitrogen and oxygen atoms in total. The van der Waals surface area contributed by atoms with Gasteiger partial charge in [0.1, 0.15) is 11.6 Å². The Labute approximate surface area is 207 Å². The molecule has 4 aliphatic carbocycles. The van der Waals surface area contributed by atoms with Gasteiger partial charge in [0, 0.05) is 17.7 Å². The molecule has 1 aliphatic heterocycles. The number of nitrogens with zero attached hydrogens (tertiary/aromatic N) is 5. The second-order valence-electron chi connectivity index (χ2n) is 11.1. The molecular formula is C27H28F3N5O. The molecular weight excluding hydrogens is 467 g/mol. The highest BCUT2D eigenvalue weighted by Crippen LogP contribution is 2.70. The summed E-state index contributed by atoms with van der Waals surface area (Å²) < 4.78 is 49.6. The minimum atomic E-state index is -4.18. The number of fused-ring (bicyclic) bond motifs is 2. The normalized spacial score (nSPS) is 29.9. The second-order valence-corrected chi connectivity index (χ2v) is 11.1. The summed E-state index contributed by atoms with van der Waals surface area (Å²) in [6.07, 6.45) is 5.08. The van der Waals surface area contributed by atoms with Crippen LogP contribution in [-0.2, 0) is 4.74 Å². The van der Waals surface area contributed by atoms with E-state index in [2.05, 4.69) is 17.4 Å². The fourth-order valence-corrected chi connectivity index (χ4v) is 6.38. The molecule has 0 amide bonds. The van der Waals surface area contributed by atoms with Crippen molar-refractivity contribution in [3.8, 4) is 0 Å². The summed E-state index contributed by atoms with van der Waals surface area (Å²) in [5.74, 6) is -0.260. The van der Waals surface area contributed by atoms with Crippen molar-refractivity contribution >= 4 is 16.6 Å². The largest absolute Gasteiger partial charge is 0.394 e. The predicted molar refractivity (Wildman–Crippen MR) is 127 cm³/mol. The molecule has 0 aromatic carbocycles. The van der Waals surface area contributed by atoms with Crippen LogP contribution in [0.3, 0.4) is 0 Å². The van der Waals surface area contributed by atoms with E-state index in [1.165, 1.54) is 0 Å². The summed E-state index contributed by atoms with van der Waals surface area (Å²) in [7, 11) is 0. The summed E-state index contributed by atoms with van der Waals surface area (Å²) in [6, 6.07) is 2.44. The molecule has 4 saturated carbocycles. The smallest absolute Gasteiger partial charge is 0.369 e. The average Bonchev–Trinajstić information content (AvgIpc) is 3.26. The van der Waals surface area contributed by atoms with Crippen LogP contribution in [-0.4, -0.2) is 37.5 Å². The van der Waals surface area contributed by atoms with Crippen LogP contribution in [0.2, 0.25) is 0 Å². The Kier molecular flexibility index (Phi) is 4.73. The van der Waals surface area contributed by atoms with Gasteiger partial charge >= 0.3 is 6.18 Å². The van der Waals surface area contributed by atoms with Gasteiger partial charge in [0.25, 0.3) is 0 Å². The third kappa shape index (κ3) is 3.42. The quantitative estimate of drug-likeness (QED) is 0.434. The lowest BCUT2D eigenvalue weighted by Gasteiger charge is -2.39. The topological polar surface area (TPSA) is 65.7 Å². The molecule has 36 heavy (non-hydrogen) atoms. The first-order chi connectivity index (χ1) is 17.2. The number of aromatic nitrogens is 5. The molecule has 5 aliphatic rings. The Bertz CT molecular complexity index is 1400. The van der Waals surface area contributed by atoms with Crippen LogP contribution in [0.5, 0.6) is 0 Å². The Morgan fingerprint density at radius 3 is 2.56 bits per heavy atom. The Morgan fingerprint density at radius 1 is 1.06 bits per heavy atom. The molecule has 2 atom stereocenters. The van der Waals surface area contributed by atoms with Crippen LogP contribution < -0.4 is 0 Å². The van der Waals surface area contributed by atoms with E-state index < -0.39 is 11.6 Å². The molecule has 9 heteroatoms. The number of pyridine rings is 1. The van der Waals surface area contributed by atoms with E-state index >= 15 is 0 Å². The van der Waals surface area contributed by atoms with Crippen LogP contribution in [0.15, 0.2) is 24.5 Å². The number of hydrogen-bond donors (Lipinski definition) is 0. The molecule has 0 radical (unpaired) electrons. The molecule has 0 N–H and O–H groups in total. The molecule has 2 bridgehead atoms. The predicted octanol–water partition coefficient (Wildman–Crippen LogP) is 6.16. The van der Waals surface area contributed by atoms with Gasteiger partial charge in [-0.15, -0.1) is 0 Å². The maximum absolute atomic E-state index is 13.9. The summed E-state index contributed by atoms with van der Waals surface area (Å²) in [5.41, 5.74) is 4.87. The first kappa shape index (κ1) is 22.4. The van der Waals surface area contributed by atoms with Gasteiger partial charge in [0.05, 0.1) is 52.6 Å². The van der Waals surface area contributed by atoms with Crippen molar-refractivity contribution in [1.29, 1.82) is 0 Å². The molecule has 3 aromatic rings. The molecule has 4 fully saturated rings. The molecule has 8 rings (SSSR count). The lowest BCUT2D eigenvalue weighted by Crippen LogP contribution is -2.42. The average molecular weight is 496 g/mol. The summed E-state index contributed by atoms with van der Waals surface area (Å²) in [4.78, 5) is 14.6. The standard InChI is InChI=1S/C27H28F3N5O/c1-14-15(2)33-25-22(32-14)8-21(34-24(25)20-11-26(27(28,29)30)9-17(20)10-26)16-5-6-36-23(7-16)18-12-31-35(13-18)19-3-4-19/h7-8,12-13,17,19-20,23H,3-6,9-11H2,1-2H3/t17-,20?,23-,26+/m1/s1. The van der Waals surface area contributed by atoms with Crippen LogP contribution in [0, 0.1) is 25.2 Å². The SMILES string of the molecule is Cc1nc2cc(C3=C[C@H](c4cnn(C5CC5)c4)OCC3)nc(C3C[C@]4(C(F)(F)F)C[C@@H]3C4)c2nc1C. The van der Waals surface area contributed by atoms with Gasteiger partial charge in [-0.2, -0.15) is 18.3 Å². The van der Waals surface area contributed by atoms with E-state index in [4.69, 9.17) is 19.7 Å². The highest BCUT2D eigenvalue weighted by atomic mass is 19.4. The Morgan fingerprint density at radius 2 is 1.83 bits per heavy atom. The molecule has 0 spiro atoms. The van der Waals surface area contributed by atoms with E-state index in [1.807, 2.05) is 30.8 Å². The van der Waals surface area contributed by atoms with Crippen molar-refractivity contribution in [3.05, 3.63) is 52.9 Å². The molecule has 0 saturated heterocycles. The van der Waals surface area contributed by atoms with Gasteiger partial charge < -0.3 is 4.74 Å². The monoisotopic (exact) mass is 495 g/mol. The maximum Gasteiger partial charge on any atom is 0.394 e.